The predicted molar refractivity (Wildman–Crippen MR) is 289 cm³/mol. The summed E-state index contributed by atoms with van der Waals surface area (Å²) in [5.41, 5.74) is 21.5. The molecule has 13 aromatic rings. The summed E-state index contributed by atoms with van der Waals surface area (Å²) in [4.78, 5) is 0. The first kappa shape index (κ1) is 39.2. The molecule has 11 aromatic carbocycles. The number of aromatic nitrogens is 2. The third kappa shape index (κ3) is 5.92. The Labute approximate surface area is 401 Å². The second-order valence-electron chi connectivity index (χ2n) is 18.4. The van der Waals surface area contributed by atoms with Crippen LogP contribution in [-0.2, 0) is 5.41 Å². The van der Waals surface area contributed by atoms with E-state index in [0.29, 0.717) is 0 Å². The second kappa shape index (κ2) is 15.6. The molecule has 0 aliphatic heterocycles. The summed E-state index contributed by atoms with van der Waals surface area (Å²) in [6, 6.07) is 98.6. The van der Waals surface area contributed by atoms with Gasteiger partial charge in [-0.15, -0.1) is 0 Å². The van der Waals surface area contributed by atoms with E-state index in [1.165, 1.54) is 110 Å². The summed E-state index contributed by atoms with van der Waals surface area (Å²) in [6.45, 7) is 0. The molecule has 0 unspecified atom stereocenters. The van der Waals surface area contributed by atoms with E-state index in [9.17, 15) is 0 Å². The summed E-state index contributed by atoms with van der Waals surface area (Å²) in [6.07, 6.45) is 0. The van der Waals surface area contributed by atoms with E-state index in [2.05, 4.69) is 276 Å². The molecule has 0 spiro atoms. The monoisotopic (exact) mass is 876 g/mol. The number of benzene rings is 11. The van der Waals surface area contributed by atoms with Crippen LogP contribution < -0.4 is 0 Å². The number of hydrogen-bond acceptors (Lipinski definition) is 0. The minimum atomic E-state index is -0.514. The van der Waals surface area contributed by atoms with Crippen LogP contribution in [-0.4, -0.2) is 9.13 Å². The third-order valence-electron chi connectivity index (χ3n) is 14.8. The fraction of sp³-hybridized carbons (Fsp3) is 0.0149. The first-order chi connectivity index (χ1) is 34.2. The third-order valence-corrected chi connectivity index (χ3v) is 14.8. The van der Waals surface area contributed by atoms with E-state index >= 15 is 0 Å². The van der Waals surface area contributed by atoms with Crippen molar-refractivity contribution in [1.82, 2.24) is 9.13 Å². The van der Waals surface area contributed by atoms with Gasteiger partial charge in [-0.05, 0) is 116 Å². The molecule has 0 bridgehead atoms. The van der Waals surface area contributed by atoms with Crippen molar-refractivity contribution in [3.63, 3.8) is 0 Å². The van der Waals surface area contributed by atoms with Gasteiger partial charge >= 0.3 is 0 Å². The molecule has 2 nitrogen and oxygen atoms in total. The summed E-state index contributed by atoms with van der Waals surface area (Å²) in [5, 5.41) is 4.94. The average Bonchev–Trinajstić information content (AvgIpc) is 4.06. The molecule has 2 aromatic heterocycles. The van der Waals surface area contributed by atoms with Crippen LogP contribution in [0.25, 0.3) is 99.5 Å². The normalized spacial score (nSPS) is 12.8. The van der Waals surface area contributed by atoms with Gasteiger partial charge in [0.1, 0.15) is 0 Å². The number of nitrogens with zero attached hydrogens (tertiary/aromatic N) is 2. The molecule has 0 atom stereocenters. The van der Waals surface area contributed by atoms with Crippen LogP contribution in [0.4, 0.5) is 0 Å². The molecule has 0 saturated heterocycles. The van der Waals surface area contributed by atoms with E-state index in [4.69, 9.17) is 0 Å². The molecule has 322 valence electrons. The van der Waals surface area contributed by atoms with Crippen LogP contribution >= 0.6 is 0 Å². The van der Waals surface area contributed by atoms with E-state index in [1.807, 2.05) is 0 Å². The van der Waals surface area contributed by atoms with Gasteiger partial charge in [-0.2, -0.15) is 0 Å². The lowest BCUT2D eigenvalue weighted by atomic mass is 9.67. The SMILES string of the molecule is c1ccc(-c2ccc(-n3c4ccccc4c4cc(-c5ccc6c(c5)c5ccc7c(c5n6-c5cccc(-c6ccccc6)c5)-c5ccccc5C7(c5ccccc5)c5ccccc5)ccc43)cc2)cc1. The Morgan fingerprint density at radius 1 is 0.261 bits per heavy atom. The fourth-order valence-corrected chi connectivity index (χ4v) is 11.8. The molecule has 0 radical (unpaired) electrons. The zero-order chi connectivity index (χ0) is 45.5. The first-order valence-electron chi connectivity index (χ1n) is 23.9. The Bertz CT molecular complexity index is 4050. The van der Waals surface area contributed by atoms with Crippen LogP contribution in [0.3, 0.4) is 0 Å². The van der Waals surface area contributed by atoms with Gasteiger partial charge in [-0.1, -0.05) is 212 Å². The highest BCUT2D eigenvalue weighted by Gasteiger charge is 2.47. The van der Waals surface area contributed by atoms with Gasteiger partial charge in [0.25, 0.3) is 0 Å². The molecular formula is C67H44N2. The molecule has 1 aliphatic rings. The van der Waals surface area contributed by atoms with Crippen molar-refractivity contribution in [3.8, 4) is 55.9 Å². The van der Waals surface area contributed by atoms with Gasteiger partial charge in [-0.3, -0.25) is 0 Å². The Morgan fingerprint density at radius 3 is 1.43 bits per heavy atom. The van der Waals surface area contributed by atoms with E-state index in [1.54, 1.807) is 0 Å². The highest BCUT2D eigenvalue weighted by Crippen LogP contribution is 2.59. The summed E-state index contributed by atoms with van der Waals surface area (Å²) in [7, 11) is 0. The van der Waals surface area contributed by atoms with Crippen molar-refractivity contribution < 1.29 is 0 Å². The largest absolute Gasteiger partial charge is 0.309 e. The number of fused-ring (bicyclic) bond motifs is 10. The lowest BCUT2D eigenvalue weighted by Gasteiger charge is -2.33. The molecule has 2 heterocycles. The van der Waals surface area contributed by atoms with Crippen molar-refractivity contribution in [2.45, 2.75) is 5.41 Å². The van der Waals surface area contributed by atoms with Gasteiger partial charge < -0.3 is 9.13 Å². The summed E-state index contributed by atoms with van der Waals surface area (Å²) < 4.78 is 4.95. The zero-order valence-electron chi connectivity index (χ0n) is 37.8. The highest BCUT2D eigenvalue weighted by atomic mass is 15.0. The first-order valence-corrected chi connectivity index (χ1v) is 23.9. The quantitative estimate of drug-likeness (QED) is 0.151. The molecule has 2 heteroatoms. The molecule has 0 amide bonds. The second-order valence-corrected chi connectivity index (χ2v) is 18.4. The Hall–Kier alpha value is -8.98. The number of hydrogen-bond donors (Lipinski definition) is 0. The van der Waals surface area contributed by atoms with E-state index in [0.717, 1.165) is 11.4 Å². The van der Waals surface area contributed by atoms with Crippen molar-refractivity contribution >= 4 is 43.6 Å². The number of rotatable bonds is 7. The molecule has 0 N–H and O–H groups in total. The van der Waals surface area contributed by atoms with Crippen molar-refractivity contribution in [1.29, 1.82) is 0 Å². The van der Waals surface area contributed by atoms with Crippen molar-refractivity contribution in [2.24, 2.45) is 0 Å². The van der Waals surface area contributed by atoms with Gasteiger partial charge in [0, 0.05) is 38.5 Å². The van der Waals surface area contributed by atoms with Crippen LogP contribution in [0.2, 0.25) is 0 Å². The van der Waals surface area contributed by atoms with Crippen LogP contribution in [0.1, 0.15) is 22.3 Å². The molecular weight excluding hydrogens is 833 g/mol. The Kier molecular flexibility index (Phi) is 8.84. The Balaban J connectivity index is 1.01. The molecule has 1 aliphatic carbocycles. The maximum Gasteiger partial charge on any atom is 0.0714 e. The molecule has 14 rings (SSSR count). The van der Waals surface area contributed by atoms with E-state index in [-0.39, 0.29) is 0 Å². The standard InChI is InChI=1S/C67H44N2/c1-5-18-45(19-6-1)47-32-36-53(37-33-47)68-62-31-16-14-28-55(62)58-43-49(34-40-63(58)68)50-35-41-64-59(44-50)56-38-39-61-65(66(56)69(64)54-27-17-22-48(42-54)46-20-7-2-8-21-46)57-29-13-15-30-60(57)67(61,51-23-9-3-10-24-51)52-25-11-4-12-26-52/h1-44H. The lowest BCUT2D eigenvalue weighted by molar-refractivity contribution is 0.769. The maximum atomic E-state index is 2.54. The van der Waals surface area contributed by atoms with Gasteiger partial charge in [0.15, 0.2) is 0 Å². The molecule has 0 saturated carbocycles. The molecule has 69 heavy (non-hydrogen) atoms. The van der Waals surface area contributed by atoms with Crippen LogP contribution in [0.15, 0.2) is 267 Å². The zero-order valence-corrected chi connectivity index (χ0v) is 37.8. The summed E-state index contributed by atoms with van der Waals surface area (Å²) in [5.74, 6) is 0. The summed E-state index contributed by atoms with van der Waals surface area (Å²) >= 11 is 0. The van der Waals surface area contributed by atoms with Gasteiger partial charge in [-0.25, -0.2) is 0 Å². The van der Waals surface area contributed by atoms with E-state index < -0.39 is 5.41 Å². The average molecular weight is 877 g/mol. The minimum absolute atomic E-state index is 0.514. The van der Waals surface area contributed by atoms with Gasteiger partial charge in [0.05, 0.1) is 27.5 Å². The topological polar surface area (TPSA) is 9.86 Å². The molecule has 0 fully saturated rings. The van der Waals surface area contributed by atoms with Gasteiger partial charge in [0.2, 0.25) is 0 Å². The minimum Gasteiger partial charge on any atom is -0.309 e. The smallest absolute Gasteiger partial charge is 0.0714 e. The maximum absolute atomic E-state index is 2.54. The highest BCUT2D eigenvalue weighted by molar-refractivity contribution is 6.17. The van der Waals surface area contributed by atoms with Crippen LogP contribution in [0, 0.1) is 0 Å². The predicted octanol–water partition coefficient (Wildman–Crippen LogP) is 17.2. The lowest BCUT2D eigenvalue weighted by Crippen LogP contribution is -2.28. The fourth-order valence-electron chi connectivity index (χ4n) is 11.8. The van der Waals surface area contributed by atoms with Crippen LogP contribution in [0.5, 0.6) is 0 Å². The Morgan fingerprint density at radius 2 is 0.754 bits per heavy atom. The van der Waals surface area contributed by atoms with Crippen molar-refractivity contribution in [3.05, 3.63) is 289 Å². The van der Waals surface area contributed by atoms with Crippen molar-refractivity contribution in [2.75, 3.05) is 0 Å². The number of para-hydroxylation sites is 1.